The van der Waals surface area contributed by atoms with Crippen molar-refractivity contribution in [3.8, 4) is 12.1 Å². The molecule has 0 bridgehead atoms. The molecule has 8 N–H and O–H groups in total. The van der Waals surface area contributed by atoms with E-state index in [1.807, 2.05) is 24.3 Å². The van der Waals surface area contributed by atoms with Crippen LogP contribution in [-0.2, 0) is 50.1 Å². The Morgan fingerprint density at radius 2 is 1.14 bits per heavy atom. The largest absolute Gasteiger partial charge is 0.379 e. The predicted molar refractivity (Wildman–Crippen MR) is 172 cm³/mol. The van der Waals surface area contributed by atoms with Crippen LogP contribution in [0.25, 0.3) is 0 Å². The van der Waals surface area contributed by atoms with Crippen LogP contribution in [0.4, 0.5) is 0 Å². The number of nitrogens with zero attached hydrogens (tertiary/aromatic N) is 2. The van der Waals surface area contributed by atoms with E-state index in [4.69, 9.17) is 26.2 Å². The van der Waals surface area contributed by atoms with Gasteiger partial charge in [-0.3, -0.25) is 14.1 Å². The van der Waals surface area contributed by atoms with Gasteiger partial charge in [-0.05, 0) is 60.2 Å². The van der Waals surface area contributed by atoms with Crippen LogP contribution < -0.4 is 17.2 Å². The fourth-order valence-corrected chi connectivity index (χ4v) is 3.68. The van der Waals surface area contributed by atoms with Crippen molar-refractivity contribution in [2.24, 2.45) is 17.2 Å². The molecule has 0 aromatic heterocycles. The summed E-state index contributed by atoms with van der Waals surface area (Å²) < 4.78 is 52.0. The SMILES string of the molecule is CS(=O)(=O)O.CS(=O)(=O)OCCc1ccc(CCC#N)cc1.N#CCCc1ccc(CCSC(=N)N)cc1.NC(N)=S. The maximum Gasteiger partial charge on any atom is 0.264 e. The molecule has 0 atom stereocenters. The maximum atomic E-state index is 10.7. The van der Waals surface area contributed by atoms with Crippen LogP contribution >= 0.6 is 24.0 Å². The molecule has 0 heterocycles. The molecule has 0 aliphatic rings. The highest BCUT2D eigenvalue weighted by Gasteiger charge is 2.02. The molecule has 0 amide bonds. The summed E-state index contributed by atoms with van der Waals surface area (Å²) in [4.78, 5) is 0. The Balaban J connectivity index is 0. The third-order valence-electron chi connectivity index (χ3n) is 4.43. The number of nitrogens with one attached hydrogen (secondary N) is 1. The second-order valence-electron chi connectivity index (χ2n) is 8.32. The first kappa shape index (κ1) is 40.9. The van der Waals surface area contributed by atoms with Gasteiger partial charge in [-0.2, -0.15) is 27.4 Å². The minimum atomic E-state index is -3.67. The molecule has 12 nitrogen and oxygen atoms in total. The lowest BCUT2D eigenvalue weighted by atomic mass is 10.1. The van der Waals surface area contributed by atoms with E-state index in [1.165, 1.54) is 22.9 Å². The first-order valence-electron chi connectivity index (χ1n) is 12.1. The van der Waals surface area contributed by atoms with Crippen molar-refractivity contribution < 1.29 is 25.6 Å². The molecule has 2 rings (SSSR count). The molecule has 0 spiro atoms. The van der Waals surface area contributed by atoms with E-state index in [0.29, 0.717) is 25.5 Å². The van der Waals surface area contributed by atoms with Crippen molar-refractivity contribution in [3.63, 3.8) is 0 Å². The summed E-state index contributed by atoms with van der Waals surface area (Å²) in [5.74, 6) is 0.840. The summed E-state index contributed by atoms with van der Waals surface area (Å²) in [7, 11) is -7.02. The standard InChI is InChI=1S/C12H15N3S.C12H15NO3S.CH4N2S.CH4O3S/c13-8-1-2-10-3-5-11(6-4-10)7-9-16-12(14)15;1-17(14,15)16-10-8-12-6-4-11(5-7-12)3-2-9-13;2-1(3)4;1-5(2,3)4/h3-6H,1-2,7,9H2,(H3,14,15);4-7H,2-3,8,10H2,1H3;(H4,2,3,4);1H3,(H,2,3,4). The van der Waals surface area contributed by atoms with Crippen molar-refractivity contribution in [2.75, 3.05) is 24.9 Å². The van der Waals surface area contributed by atoms with E-state index >= 15 is 0 Å². The van der Waals surface area contributed by atoms with Gasteiger partial charge in [0.2, 0.25) is 0 Å². The fourth-order valence-electron chi connectivity index (χ4n) is 2.74. The third-order valence-corrected chi connectivity index (χ3v) is 5.75. The highest BCUT2D eigenvalue weighted by atomic mass is 32.2. The Hall–Kier alpha value is -3.25. The Bertz CT molecular complexity index is 1360. The van der Waals surface area contributed by atoms with E-state index < -0.39 is 20.2 Å². The summed E-state index contributed by atoms with van der Waals surface area (Å²) in [5, 5.41) is 24.2. The topological polar surface area (TPSA) is 247 Å². The molecule has 0 saturated heterocycles. The van der Waals surface area contributed by atoms with Crippen LogP contribution in [-0.4, -0.2) is 56.5 Å². The summed E-state index contributed by atoms with van der Waals surface area (Å²) >= 11 is 5.45. The van der Waals surface area contributed by atoms with Gasteiger partial charge < -0.3 is 17.2 Å². The average Bonchev–Trinajstić information content (AvgIpc) is 2.86. The van der Waals surface area contributed by atoms with Gasteiger partial charge in [-0.15, -0.1) is 0 Å². The highest BCUT2D eigenvalue weighted by molar-refractivity contribution is 8.13. The quantitative estimate of drug-likeness (QED) is 0.0767. The average molecular weight is 659 g/mol. The van der Waals surface area contributed by atoms with E-state index in [1.54, 1.807) is 0 Å². The molecule has 0 aliphatic carbocycles. The Morgan fingerprint density at radius 3 is 1.43 bits per heavy atom. The molecule has 16 heteroatoms. The maximum absolute atomic E-state index is 10.7. The molecule has 0 aliphatic heterocycles. The second-order valence-corrected chi connectivity index (χ2v) is 13.0. The van der Waals surface area contributed by atoms with Crippen LogP contribution in [0.1, 0.15) is 35.1 Å². The van der Waals surface area contributed by atoms with E-state index in [0.717, 1.165) is 42.4 Å². The summed E-state index contributed by atoms with van der Waals surface area (Å²) in [6.45, 7) is 0.163. The molecule has 0 unspecified atom stereocenters. The number of nitrogens with two attached hydrogens (primary N) is 3. The number of aryl methyl sites for hydroxylation is 3. The van der Waals surface area contributed by atoms with Crippen LogP contribution in [0.5, 0.6) is 0 Å². The molecule has 0 saturated carbocycles. The van der Waals surface area contributed by atoms with Crippen molar-refractivity contribution in [1.82, 2.24) is 0 Å². The first-order valence-corrected chi connectivity index (χ1v) is 17.2. The fraction of sp³-hybridized carbons (Fsp3) is 0.385. The summed E-state index contributed by atoms with van der Waals surface area (Å²) in [6, 6.07) is 20.3. The number of thioether (sulfide) groups is 1. The zero-order valence-electron chi connectivity index (χ0n) is 23.5. The molecule has 2 aromatic carbocycles. The lowest BCUT2D eigenvalue weighted by Crippen LogP contribution is -2.18. The van der Waals surface area contributed by atoms with Crippen LogP contribution in [0.15, 0.2) is 48.5 Å². The predicted octanol–water partition coefficient (Wildman–Crippen LogP) is 2.67. The zero-order valence-corrected chi connectivity index (χ0v) is 26.8. The third kappa shape index (κ3) is 33.0. The highest BCUT2D eigenvalue weighted by Crippen LogP contribution is 2.10. The van der Waals surface area contributed by atoms with Crippen LogP contribution in [0.2, 0.25) is 0 Å². The molecule has 0 radical (unpaired) electrons. The van der Waals surface area contributed by atoms with Gasteiger partial charge in [0.15, 0.2) is 10.3 Å². The van der Waals surface area contributed by atoms with Gasteiger partial charge in [0.05, 0.1) is 31.3 Å². The number of thiocarbonyl (C=S) groups is 1. The van der Waals surface area contributed by atoms with Gasteiger partial charge in [-0.1, -0.05) is 60.3 Å². The number of nitriles is 2. The smallest absolute Gasteiger partial charge is 0.264 e. The minimum Gasteiger partial charge on any atom is -0.379 e. The molecule has 0 fully saturated rings. The van der Waals surface area contributed by atoms with Gasteiger partial charge in [0.1, 0.15) is 0 Å². The zero-order chi connectivity index (χ0) is 32.6. The van der Waals surface area contributed by atoms with E-state index in [9.17, 15) is 16.8 Å². The first-order chi connectivity index (χ1) is 19.5. The van der Waals surface area contributed by atoms with Crippen LogP contribution in [0, 0.1) is 28.1 Å². The molecule has 2 aromatic rings. The number of rotatable bonds is 11. The van der Waals surface area contributed by atoms with Gasteiger partial charge >= 0.3 is 0 Å². The molecule has 232 valence electrons. The van der Waals surface area contributed by atoms with Crippen molar-refractivity contribution in [1.29, 1.82) is 15.9 Å². The van der Waals surface area contributed by atoms with Gasteiger partial charge in [0, 0.05) is 18.6 Å². The number of amidine groups is 1. The molecule has 42 heavy (non-hydrogen) atoms. The van der Waals surface area contributed by atoms with Gasteiger partial charge in [-0.25, -0.2) is 0 Å². The van der Waals surface area contributed by atoms with Crippen molar-refractivity contribution >= 4 is 54.5 Å². The number of hydrogen-bond acceptors (Lipinski definition) is 10. The second kappa shape index (κ2) is 23.3. The lowest BCUT2D eigenvalue weighted by Gasteiger charge is -2.03. The number of hydrogen-bond donors (Lipinski definition) is 5. The molecular weight excluding hydrogens is 621 g/mol. The normalized spacial score (nSPS) is 10.1. The Morgan fingerprint density at radius 1 is 0.833 bits per heavy atom. The van der Waals surface area contributed by atoms with E-state index in [-0.39, 0.29) is 16.9 Å². The van der Waals surface area contributed by atoms with E-state index in [2.05, 4.69) is 64.3 Å². The summed E-state index contributed by atoms with van der Waals surface area (Å²) in [6.07, 6.45) is 5.88. The molecular formula is C26H38N6O6S4. The van der Waals surface area contributed by atoms with Crippen molar-refractivity contribution in [3.05, 3.63) is 70.8 Å². The number of benzene rings is 2. The van der Waals surface area contributed by atoms with Crippen molar-refractivity contribution in [2.45, 2.75) is 38.5 Å². The Kier molecular flexibility index (Phi) is 22.7. The lowest BCUT2D eigenvalue weighted by molar-refractivity contribution is 0.326. The minimum absolute atomic E-state index is 0.000000000000000222. The van der Waals surface area contributed by atoms with Crippen LogP contribution in [0.3, 0.4) is 0 Å². The summed E-state index contributed by atoms with van der Waals surface area (Å²) in [5.41, 5.74) is 19.1. The monoisotopic (exact) mass is 658 g/mol. The Labute approximate surface area is 258 Å². The van der Waals surface area contributed by atoms with Gasteiger partial charge in [0.25, 0.3) is 20.2 Å².